The van der Waals surface area contributed by atoms with Gasteiger partial charge in [-0.1, -0.05) is 20.8 Å². The molecular weight excluding hydrogens is 260 g/mol. The third-order valence-corrected chi connectivity index (χ3v) is 3.89. The number of hydrogen-bond donors (Lipinski definition) is 1. The molecule has 2 heterocycles. The van der Waals surface area contributed by atoms with Crippen LogP contribution in [-0.2, 0) is 13.1 Å². The Labute approximate surface area is 128 Å². The average molecular weight is 288 g/mol. The lowest BCUT2D eigenvalue weighted by Gasteiger charge is -2.12. The molecule has 0 aliphatic rings. The van der Waals surface area contributed by atoms with E-state index >= 15 is 0 Å². The predicted molar refractivity (Wildman–Crippen MR) is 87.4 cm³/mol. The van der Waals surface area contributed by atoms with Gasteiger partial charge in [-0.15, -0.1) is 0 Å². The summed E-state index contributed by atoms with van der Waals surface area (Å²) in [5, 5.41) is 8.14. The molecule has 0 bridgehead atoms. The number of aromatic nitrogens is 3. The van der Waals surface area contributed by atoms with Crippen molar-refractivity contribution in [3.8, 4) is 0 Å². The zero-order valence-electron chi connectivity index (χ0n) is 13.5. The fourth-order valence-electron chi connectivity index (χ4n) is 2.62. The minimum Gasteiger partial charge on any atom is -0.348 e. The van der Waals surface area contributed by atoms with Gasteiger partial charge in [-0.25, -0.2) is 0 Å². The van der Waals surface area contributed by atoms with Crippen molar-refractivity contribution in [2.75, 3.05) is 6.54 Å². The molecule has 0 unspecified atom stereocenters. The van der Waals surface area contributed by atoms with E-state index in [-0.39, 0.29) is 0 Å². The highest BCUT2D eigenvalue weighted by Crippen LogP contribution is 2.15. The second kappa shape index (κ2) is 8.03. The van der Waals surface area contributed by atoms with E-state index in [1.165, 1.54) is 12.0 Å². The molecule has 0 aromatic carbocycles. The molecule has 4 nitrogen and oxygen atoms in total. The summed E-state index contributed by atoms with van der Waals surface area (Å²) in [5.74, 6) is 0. The fraction of sp³-hybridized carbons (Fsp3) is 0.588. The van der Waals surface area contributed by atoms with Gasteiger partial charge in [-0.2, -0.15) is 5.10 Å². The number of rotatable bonds is 9. The molecule has 2 rings (SSSR count). The first-order valence-corrected chi connectivity index (χ1v) is 8.16. The molecule has 0 spiro atoms. The van der Waals surface area contributed by atoms with Crippen LogP contribution in [0.4, 0.5) is 0 Å². The lowest BCUT2D eigenvalue weighted by atomic mass is 10.2. The summed E-state index contributed by atoms with van der Waals surface area (Å²) in [6, 6.07) is 4.84. The fourth-order valence-corrected chi connectivity index (χ4v) is 2.62. The summed E-state index contributed by atoms with van der Waals surface area (Å²) >= 11 is 0. The minimum atomic E-state index is 0.525. The van der Waals surface area contributed by atoms with Crippen LogP contribution < -0.4 is 5.32 Å². The highest BCUT2D eigenvalue weighted by atomic mass is 15.3. The van der Waals surface area contributed by atoms with Crippen molar-refractivity contribution >= 4 is 0 Å². The summed E-state index contributed by atoms with van der Waals surface area (Å²) < 4.78 is 4.32. The number of nitrogens with one attached hydrogen (secondary N) is 1. The highest BCUT2D eigenvalue weighted by Gasteiger charge is 2.08. The van der Waals surface area contributed by atoms with Gasteiger partial charge in [0.05, 0.1) is 18.3 Å². The third-order valence-electron chi connectivity index (χ3n) is 3.89. The summed E-state index contributed by atoms with van der Waals surface area (Å²) in [6.07, 6.45) is 9.90. The molecule has 1 N–H and O–H groups in total. The quantitative estimate of drug-likeness (QED) is 0.716. The van der Waals surface area contributed by atoms with E-state index in [2.05, 4.69) is 66.1 Å². The summed E-state index contributed by atoms with van der Waals surface area (Å²) in [4.78, 5) is 0. The van der Waals surface area contributed by atoms with Crippen LogP contribution in [-0.4, -0.2) is 20.9 Å². The van der Waals surface area contributed by atoms with Gasteiger partial charge in [0, 0.05) is 25.1 Å². The Morgan fingerprint density at radius 2 is 1.95 bits per heavy atom. The zero-order valence-corrected chi connectivity index (χ0v) is 13.5. The lowest BCUT2D eigenvalue weighted by Crippen LogP contribution is -2.13. The molecule has 0 radical (unpaired) electrons. The Morgan fingerprint density at radius 3 is 2.67 bits per heavy atom. The molecule has 4 heteroatoms. The van der Waals surface area contributed by atoms with Crippen LogP contribution in [0.3, 0.4) is 0 Å². The molecular formula is C17H28N4. The molecule has 0 amide bonds. The molecule has 0 aliphatic heterocycles. The average Bonchev–Trinajstić information content (AvgIpc) is 3.11. The Hall–Kier alpha value is -1.55. The van der Waals surface area contributed by atoms with E-state index in [4.69, 9.17) is 5.10 Å². The van der Waals surface area contributed by atoms with Crippen LogP contribution in [0.15, 0.2) is 30.7 Å². The predicted octanol–water partition coefficient (Wildman–Crippen LogP) is 3.59. The summed E-state index contributed by atoms with van der Waals surface area (Å²) in [6.45, 7) is 9.50. The maximum absolute atomic E-state index is 4.71. The van der Waals surface area contributed by atoms with Crippen LogP contribution in [0.25, 0.3) is 0 Å². The Balaban J connectivity index is 1.92. The van der Waals surface area contributed by atoms with Crippen LogP contribution in [0.1, 0.15) is 57.3 Å². The first-order chi connectivity index (χ1) is 10.3. The molecule has 21 heavy (non-hydrogen) atoms. The van der Waals surface area contributed by atoms with Crippen molar-refractivity contribution in [3.05, 3.63) is 42.0 Å². The molecule has 0 saturated carbocycles. The van der Waals surface area contributed by atoms with Gasteiger partial charge in [-0.05, 0) is 43.5 Å². The van der Waals surface area contributed by atoms with E-state index in [1.807, 2.05) is 0 Å². The topological polar surface area (TPSA) is 34.8 Å². The second-order valence-corrected chi connectivity index (χ2v) is 5.63. The van der Waals surface area contributed by atoms with E-state index in [0.29, 0.717) is 6.04 Å². The van der Waals surface area contributed by atoms with Crippen molar-refractivity contribution < 1.29 is 0 Å². The van der Waals surface area contributed by atoms with Crippen LogP contribution >= 0.6 is 0 Å². The minimum absolute atomic E-state index is 0.525. The van der Waals surface area contributed by atoms with E-state index < -0.39 is 0 Å². The molecule has 0 fully saturated rings. The standard InChI is InChI=1S/C17H28N4/c1-4-9-18-12-15-7-10-20(13-15)14-16-8-11-21(19-16)17(5-2)6-3/h7-8,10-11,13,17-18H,4-6,9,12,14H2,1-3H3. The Kier molecular flexibility index (Phi) is 6.05. The van der Waals surface area contributed by atoms with Crippen molar-refractivity contribution in [1.82, 2.24) is 19.7 Å². The lowest BCUT2D eigenvalue weighted by molar-refractivity contribution is 0.424. The van der Waals surface area contributed by atoms with Gasteiger partial charge < -0.3 is 9.88 Å². The molecule has 116 valence electrons. The van der Waals surface area contributed by atoms with Gasteiger partial charge in [0.1, 0.15) is 0 Å². The summed E-state index contributed by atoms with van der Waals surface area (Å²) in [7, 11) is 0. The molecule has 0 saturated heterocycles. The number of hydrogen-bond acceptors (Lipinski definition) is 2. The van der Waals surface area contributed by atoms with Gasteiger partial charge in [0.2, 0.25) is 0 Å². The van der Waals surface area contributed by atoms with E-state index in [9.17, 15) is 0 Å². The number of nitrogens with zero attached hydrogens (tertiary/aromatic N) is 3. The van der Waals surface area contributed by atoms with Gasteiger partial charge in [0.15, 0.2) is 0 Å². The molecule has 0 aliphatic carbocycles. The second-order valence-electron chi connectivity index (χ2n) is 5.63. The first-order valence-electron chi connectivity index (χ1n) is 8.16. The van der Waals surface area contributed by atoms with Gasteiger partial charge in [0.25, 0.3) is 0 Å². The Bertz CT molecular complexity index is 522. The van der Waals surface area contributed by atoms with Gasteiger partial charge in [-0.3, -0.25) is 4.68 Å². The van der Waals surface area contributed by atoms with Crippen molar-refractivity contribution in [3.63, 3.8) is 0 Å². The molecule has 2 aromatic rings. The normalized spacial score (nSPS) is 11.4. The van der Waals surface area contributed by atoms with Crippen LogP contribution in [0.5, 0.6) is 0 Å². The Morgan fingerprint density at radius 1 is 1.14 bits per heavy atom. The maximum atomic E-state index is 4.71. The highest BCUT2D eigenvalue weighted by molar-refractivity contribution is 5.12. The SMILES string of the molecule is CCCNCc1ccn(Cc2ccn(C(CC)CC)n2)c1. The van der Waals surface area contributed by atoms with Crippen LogP contribution in [0.2, 0.25) is 0 Å². The monoisotopic (exact) mass is 288 g/mol. The first kappa shape index (κ1) is 15.8. The van der Waals surface area contributed by atoms with Gasteiger partial charge >= 0.3 is 0 Å². The van der Waals surface area contributed by atoms with Crippen molar-refractivity contribution in [2.45, 2.75) is 59.2 Å². The van der Waals surface area contributed by atoms with Crippen molar-refractivity contribution in [1.29, 1.82) is 0 Å². The maximum Gasteiger partial charge on any atom is 0.0821 e. The third kappa shape index (κ3) is 4.46. The molecule has 2 aromatic heterocycles. The zero-order chi connectivity index (χ0) is 15.1. The summed E-state index contributed by atoms with van der Waals surface area (Å²) in [5.41, 5.74) is 2.47. The van der Waals surface area contributed by atoms with E-state index in [1.54, 1.807) is 0 Å². The molecule has 0 atom stereocenters. The van der Waals surface area contributed by atoms with E-state index in [0.717, 1.165) is 38.2 Å². The van der Waals surface area contributed by atoms with Crippen molar-refractivity contribution in [2.24, 2.45) is 0 Å². The van der Waals surface area contributed by atoms with Crippen LogP contribution in [0, 0.1) is 0 Å². The largest absolute Gasteiger partial charge is 0.348 e. The smallest absolute Gasteiger partial charge is 0.0821 e.